The molecule has 0 saturated carbocycles. The van der Waals surface area contributed by atoms with Crippen LogP contribution in [0.5, 0.6) is 0 Å². The highest BCUT2D eigenvalue weighted by atomic mass is 16.6. The molecule has 0 spiro atoms. The zero-order valence-electron chi connectivity index (χ0n) is 21.3. The van der Waals surface area contributed by atoms with E-state index in [4.69, 9.17) is 19.8 Å². The predicted molar refractivity (Wildman–Crippen MR) is 139 cm³/mol. The third kappa shape index (κ3) is 4.41. The lowest BCUT2D eigenvalue weighted by Crippen LogP contribution is -2.50. The Morgan fingerprint density at radius 2 is 1.89 bits per heavy atom. The van der Waals surface area contributed by atoms with E-state index in [-0.39, 0.29) is 18.2 Å². The van der Waals surface area contributed by atoms with E-state index in [1.165, 1.54) is 0 Å². The predicted octanol–water partition coefficient (Wildman–Crippen LogP) is 3.86. The maximum Gasteiger partial charge on any atom is 0.410 e. The number of nitrogens with zero attached hydrogens (tertiary/aromatic N) is 8. The Morgan fingerprint density at radius 3 is 2.62 bits per heavy atom. The molecule has 1 aromatic carbocycles. The molecule has 1 amide bonds. The van der Waals surface area contributed by atoms with Gasteiger partial charge in [0.2, 0.25) is 0 Å². The molecular formula is C26H29N9O2. The van der Waals surface area contributed by atoms with Crippen molar-refractivity contribution >= 4 is 34.4 Å². The van der Waals surface area contributed by atoms with Crippen molar-refractivity contribution in [3.63, 3.8) is 0 Å². The minimum Gasteiger partial charge on any atom is -0.444 e. The Morgan fingerprint density at radius 1 is 1.08 bits per heavy atom. The number of aryl methyl sites for hydroxylation is 1. The minimum atomic E-state index is -0.509. The summed E-state index contributed by atoms with van der Waals surface area (Å²) in [6.45, 7) is 8.89. The first-order valence-corrected chi connectivity index (χ1v) is 12.4. The zero-order valence-corrected chi connectivity index (χ0v) is 21.3. The molecule has 2 bridgehead atoms. The Bertz CT molecular complexity index is 1460. The Hall–Kier alpha value is -4.28. The molecule has 2 aliphatic rings. The minimum absolute atomic E-state index is 0.104. The maximum atomic E-state index is 12.7. The molecule has 0 radical (unpaired) electrons. The van der Waals surface area contributed by atoms with E-state index in [0.717, 1.165) is 23.1 Å². The van der Waals surface area contributed by atoms with Crippen molar-refractivity contribution in [3.8, 4) is 5.82 Å². The van der Waals surface area contributed by atoms with Crippen molar-refractivity contribution in [1.82, 2.24) is 34.6 Å². The monoisotopic (exact) mass is 499 g/mol. The second-order valence-corrected chi connectivity index (χ2v) is 10.5. The van der Waals surface area contributed by atoms with Gasteiger partial charge in [-0.25, -0.2) is 24.4 Å². The van der Waals surface area contributed by atoms with Crippen LogP contribution in [0.2, 0.25) is 0 Å². The number of piperazine rings is 1. The molecule has 2 atom stereocenters. The van der Waals surface area contributed by atoms with Gasteiger partial charge in [0, 0.05) is 36.9 Å². The Balaban J connectivity index is 1.30. The fourth-order valence-corrected chi connectivity index (χ4v) is 5.10. The third-order valence-electron chi connectivity index (χ3n) is 6.59. The van der Waals surface area contributed by atoms with Crippen molar-refractivity contribution in [2.45, 2.75) is 51.8 Å². The van der Waals surface area contributed by atoms with Crippen molar-refractivity contribution in [2.75, 3.05) is 23.3 Å². The van der Waals surface area contributed by atoms with Crippen LogP contribution >= 0.6 is 0 Å². The smallest absolute Gasteiger partial charge is 0.410 e. The van der Waals surface area contributed by atoms with Crippen molar-refractivity contribution in [1.29, 1.82) is 0 Å². The number of likely N-dealkylation sites (tertiary alicyclic amines) is 1. The first-order valence-electron chi connectivity index (χ1n) is 12.4. The summed E-state index contributed by atoms with van der Waals surface area (Å²) in [7, 11) is 0. The number of hydrogen-bond donors (Lipinski definition) is 1. The van der Waals surface area contributed by atoms with Gasteiger partial charge in [-0.05, 0) is 46.2 Å². The van der Waals surface area contributed by atoms with Crippen LogP contribution in [0.25, 0.3) is 16.7 Å². The summed E-state index contributed by atoms with van der Waals surface area (Å²) in [5, 5.41) is 9.05. The number of aromatic nitrogens is 6. The molecular weight excluding hydrogens is 470 g/mol. The fourth-order valence-electron chi connectivity index (χ4n) is 5.10. The number of carbonyl (C=O) groups excluding carboxylic acids is 1. The number of carbonyl (C=O) groups is 1. The third-order valence-corrected chi connectivity index (χ3v) is 6.59. The number of fused-ring (bicyclic) bond motifs is 3. The van der Waals surface area contributed by atoms with E-state index in [0.29, 0.717) is 36.4 Å². The van der Waals surface area contributed by atoms with Gasteiger partial charge in [0.05, 0.1) is 23.8 Å². The largest absolute Gasteiger partial charge is 0.444 e. The number of para-hydroxylation sites is 1. The van der Waals surface area contributed by atoms with E-state index in [1.807, 2.05) is 67.6 Å². The second kappa shape index (κ2) is 8.68. The lowest BCUT2D eigenvalue weighted by atomic mass is 10.2. The number of amides is 1. The quantitative estimate of drug-likeness (QED) is 0.447. The first-order chi connectivity index (χ1) is 17.7. The number of hydrogen-bond acceptors (Lipinski definition) is 9. The lowest BCUT2D eigenvalue weighted by Gasteiger charge is -2.35. The van der Waals surface area contributed by atoms with Gasteiger partial charge < -0.3 is 19.9 Å². The molecule has 4 aromatic rings. The van der Waals surface area contributed by atoms with Crippen LogP contribution in [-0.2, 0) is 4.74 Å². The highest BCUT2D eigenvalue weighted by Crippen LogP contribution is 2.35. The van der Waals surface area contributed by atoms with Crippen LogP contribution in [0.3, 0.4) is 0 Å². The number of benzene rings is 1. The molecule has 5 heterocycles. The summed E-state index contributed by atoms with van der Waals surface area (Å²) < 4.78 is 7.44. The standard InChI is InChI=1S/C26H29N9O2/c1-16-29-22(33-14-18-11-17(33)15-34(18)25(36)37-26(2,3)4)12-23(30-16)35-20-8-6-5-7-19(20)24(32-35)31-21-13-27-9-10-28-21/h5-10,12-13,17-18H,11,14-15H2,1-4H3,(H,28,31,32)/t17-,18-/m0/s1. The summed E-state index contributed by atoms with van der Waals surface area (Å²) in [5.41, 5.74) is 0.405. The molecule has 3 aromatic heterocycles. The number of rotatable bonds is 4. The van der Waals surface area contributed by atoms with E-state index in [2.05, 4.69) is 20.2 Å². The summed E-state index contributed by atoms with van der Waals surface area (Å²) in [6, 6.07) is 10.2. The van der Waals surface area contributed by atoms with Crippen LogP contribution in [0.4, 0.5) is 22.2 Å². The van der Waals surface area contributed by atoms with Crippen LogP contribution in [-0.4, -0.2) is 71.5 Å². The topological polar surface area (TPSA) is 114 Å². The Labute approximate surface area is 214 Å². The summed E-state index contributed by atoms with van der Waals surface area (Å²) in [4.78, 5) is 34.7. The number of anilines is 3. The molecule has 190 valence electrons. The molecule has 0 unspecified atom stereocenters. The second-order valence-electron chi connectivity index (χ2n) is 10.5. The molecule has 2 aliphatic heterocycles. The number of nitrogens with one attached hydrogen (secondary N) is 1. The maximum absolute atomic E-state index is 12.7. The fraction of sp³-hybridized carbons (Fsp3) is 0.385. The Kier molecular flexibility index (Phi) is 5.43. The molecule has 11 nitrogen and oxygen atoms in total. The molecule has 6 rings (SSSR count). The molecule has 0 aliphatic carbocycles. The van der Waals surface area contributed by atoms with Crippen LogP contribution < -0.4 is 10.2 Å². The highest BCUT2D eigenvalue weighted by molar-refractivity contribution is 5.92. The molecule has 11 heteroatoms. The SMILES string of the molecule is Cc1nc(N2C[C@@H]3C[C@H]2CN3C(=O)OC(C)(C)C)cc(-n2nc(Nc3cnccn3)c3ccccc32)n1. The van der Waals surface area contributed by atoms with Gasteiger partial charge in [0.1, 0.15) is 23.1 Å². The molecule has 37 heavy (non-hydrogen) atoms. The summed E-state index contributed by atoms with van der Waals surface area (Å²) in [5.74, 6) is 3.45. The molecule has 1 N–H and O–H groups in total. The van der Waals surface area contributed by atoms with Crippen LogP contribution in [0.15, 0.2) is 48.9 Å². The average molecular weight is 500 g/mol. The molecule has 2 fully saturated rings. The van der Waals surface area contributed by atoms with E-state index >= 15 is 0 Å². The van der Waals surface area contributed by atoms with Crippen molar-refractivity contribution in [3.05, 3.63) is 54.7 Å². The lowest BCUT2D eigenvalue weighted by molar-refractivity contribution is 0.0214. The van der Waals surface area contributed by atoms with Crippen molar-refractivity contribution in [2.24, 2.45) is 0 Å². The summed E-state index contributed by atoms with van der Waals surface area (Å²) in [6.07, 6.45) is 5.57. The van der Waals surface area contributed by atoms with Crippen molar-refractivity contribution < 1.29 is 9.53 Å². The van der Waals surface area contributed by atoms with Gasteiger partial charge in [-0.1, -0.05) is 12.1 Å². The van der Waals surface area contributed by atoms with Gasteiger partial charge in [-0.15, -0.1) is 5.10 Å². The van der Waals surface area contributed by atoms with Crippen LogP contribution in [0, 0.1) is 6.92 Å². The number of ether oxygens (including phenoxy) is 1. The van der Waals surface area contributed by atoms with Gasteiger partial charge in [0.25, 0.3) is 0 Å². The van der Waals surface area contributed by atoms with Gasteiger partial charge in [-0.3, -0.25) is 4.98 Å². The van der Waals surface area contributed by atoms with E-state index < -0.39 is 5.60 Å². The van der Waals surface area contributed by atoms with E-state index in [1.54, 1.807) is 18.6 Å². The van der Waals surface area contributed by atoms with Gasteiger partial charge in [-0.2, -0.15) is 0 Å². The summed E-state index contributed by atoms with van der Waals surface area (Å²) >= 11 is 0. The normalized spacial score (nSPS) is 19.0. The molecule has 2 saturated heterocycles. The zero-order chi connectivity index (χ0) is 25.7. The van der Waals surface area contributed by atoms with E-state index in [9.17, 15) is 4.79 Å². The average Bonchev–Trinajstić information content (AvgIpc) is 3.57. The highest BCUT2D eigenvalue weighted by Gasteiger charge is 2.47. The van der Waals surface area contributed by atoms with Gasteiger partial charge >= 0.3 is 6.09 Å². The first kappa shape index (κ1) is 23.1. The van der Waals surface area contributed by atoms with Gasteiger partial charge in [0.15, 0.2) is 11.6 Å². The van der Waals surface area contributed by atoms with Crippen LogP contribution in [0.1, 0.15) is 33.0 Å².